The molecule has 12 nitrogen and oxygen atoms in total. The van der Waals surface area contributed by atoms with Gasteiger partial charge in [0.2, 0.25) is 17.7 Å². The van der Waals surface area contributed by atoms with Crippen molar-refractivity contribution in [1.29, 1.82) is 0 Å². The quantitative estimate of drug-likeness (QED) is 0.315. The van der Waals surface area contributed by atoms with Crippen LogP contribution in [-0.2, 0) is 25.7 Å². The molecule has 0 saturated carbocycles. The monoisotopic (exact) mass is 615 g/mol. The second-order valence-corrected chi connectivity index (χ2v) is 13.2. The van der Waals surface area contributed by atoms with Crippen LogP contribution in [0.4, 0.5) is 0 Å². The molecule has 2 unspecified atom stereocenters. The topological polar surface area (TPSA) is 153 Å². The van der Waals surface area contributed by atoms with E-state index in [2.05, 4.69) is 39.6 Å². The zero-order valence-electron chi connectivity index (χ0n) is 26.1. The summed E-state index contributed by atoms with van der Waals surface area (Å²) < 4.78 is 11.3. The molecule has 0 aliphatic carbocycles. The van der Waals surface area contributed by atoms with E-state index < -0.39 is 30.5 Å². The number of aliphatic hydroxyl groups excluding tert-OH is 2. The number of fused-ring (bicyclic) bond motifs is 5. The number of carbonyl (C=O) groups is 3. The summed E-state index contributed by atoms with van der Waals surface area (Å²) in [5.74, 6) is 0.615. The second-order valence-electron chi connectivity index (χ2n) is 13.2. The molecule has 5 rings (SSSR count). The lowest BCUT2D eigenvalue weighted by atomic mass is 9.80. The number of likely N-dealkylation sites (tertiary alicyclic amines) is 2. The van der Waals surface area contributed by atoms with Crippen LogP contribution >= 0.6 is 0 Å². The van der Waals surface area contributed by atoms with Crippen LogP contribution in [0.3, 0.4) is 0 Å². The van der Waals surface area contributed by atoms with Gasteiger partial charge in [-0.2, -0.15) is 0 Å². The van der Waals surface area contributed by atoms with Crippen LogP contribution in [0.1, 0.15) is 51.5 Å². The van der Waals surface area contributed by atoms with Crippen molar-refractivity contribution in [1.82, 2.24) is 25.8 Å². The SMILES string of the molecule is COc1cccc(CN2C[C@H]3C[C@H]2C(=O)NCC[C@H]2CN(C(C)C)CC[C@H]2CC(=O)NC[C@H]2O[C@@H](CC(=O)N3)C(O)C2O)c1. The Labute approximate surface area is 259 Å². The number of benzene rings is 1. The highest BCUT2D eigenvalue weighted by Crippen LogP contribution is 2.31. The third-order valence-corrected chi connectivity index (χ3v) is 9.85. The number of rotatable bonds is 4. The lowest BCUT2D eigenvalue weighted by molar-refractivity contribution is -0.127. The maximum atomic E-state index is 13.6. The normalized spacial score (nSPS) is 34.7. The minimum Gasteiger partial charge on any atom is -0.497 e. The van der Waals surface area contributed by atoms with E-state index in [4.69, 9.17) is 9.47 Å². The Balaban J connectivity index is 1.34. The first-order chi connectivity index (χ1) is 21.1. The standard InChI is InChI=1S/C32H49N5O7/c1-19(2)36-10-8-21-12-28(38)34-15-27-31(41)30(40)26(44-27)14-29(39)35-23-13-25(32(42)33-9-7-22(21)17-36)37(18-23)16-20-5-4-6-24(11-20)43-3/h4-6,11,19,21-23,25-27,30-31,40-41H,7-10,12-18H2,1-3H3,(H,33,42)(H,34,38)(H,35,39)/t21-,22-,23+,25-,26-,27+,30?,31?/m0/s1. The number of nitrogens with zero attached hydrogens (tertiary/aromatic N) is 2. The predicted octanol–water partition coefficient (Wildman–Crippen LogP) is 0.00630. The van der Waals surface area contributed by atoms with Crippen molar-refractivity contribution in [2.45, 2.75) is 95.0 Å². The van der Waals surface area contributed by atoms with E-state index in [1.165, 1.54) is 0 Å². The van der Waals surface area contributed by atoms with Gasteiger partial charge in [-0.3, -0.25) is 19.3 Å². The number of carbonyl (C=O) groups excluding carboxylic acids is 3. The predicted molar refractivity (Wildman–Crippen MR) is 163 cm³/mol. The molecule has 0 aromatic heterocycles. The zero-order valence-corrected chi connectivity index (χ0v) is 26.1. The molecule has 4 heterocycles. The van der Waals surface area contributed by atoms with Crippen molar-refractivity contribution in [2.75, 3.05) is 39.8 Å². The number of nitrogens with one attached hydrogen (secondary N) is 3. The molecule has 4 bridgehead atoms. The van der Waals surface area contributed by atoms with E-state index in [-0.39, 0.29) is 48.6 Å². The number of aliphatic hydroxyl groups is 2. The molecule has 4 fully saturated rings. The fourth-order valence-electron chi connectivity index (χ4n) is 7.29. The van der Waals surface area contributed by atoms with Crippen molar-refractivity contribution in [3.05, 3.63) is 29.8 Å². The third kappa shape index (κ3) is 7.89. The molecule has 44 heavy (non-hydrogen) atoms. The van der Waals surface area contributed by atoms with E-state index in [0.29, 0.717) is 38.5 Å². The number of methoxy groups -OCH3 is 1. The first kappa shape index (κ1) is 32.6. The van der Waals surface area contributed by atoms with Gasteiger partial charge in [-0.1, -0.05) is 12.1 Å². The average molecular weight is 616 g/mol. The summed E-state index contributed by atoms with van der Waals surface area (Å²) in [6, 6.07) is 7.43. The molecule has 1 aromatic rings. The van der Waals surface area contributed by atoms with Crippen LogP contribution in [0.5, 0.6) is 5.75 Å². The van der Waals surface area contributed by atoms with Crippen LogP contribution in [0.25, 0.3) is 0 Å². The van der Waals surface area contributed by atoms with E-state index in [9.17, 15) is 24.6 Å². The van der Waals surface area contributed by atoms with Gasteiger partial charge < -0.3 is 40.5 Å². The molecule has 0 radical (unpaired) electrons. The van der Waals surface area contributed by atoms with Gasteiger partial charge >= 0.3 is 0 Å². The first-order valence-corrected chi connectivity index (χ1v) is 16.1. The van der Waals surface area contributed by atoms with Gasteiger partial charge in [-0.05, 0) is 69.2 Å². The molecule has 5 N–H and O–H groups in total. The van der Waals surface area contributed by atoms with Crippen LogP contribution in [0.2, 0.25) is 0 Å². The highest BCUT2D eigenvalue weighted by atomic mass is 16.5. The molecule has 12 heteroatoms. The van der Waals surface area contributed by atoms with Gasteiger partial charge in [0, 0.05) is 51.2 Å². The summed E-state index contributed by atoms with van der Waals surface area (Å²) in [6.07, 6.45) is -1.85. The molecule has 3 amide bonds. The van der Waals surface area contributed by atoms with E-state index in [1.54, 1.807) is 7.11 Å². The average Bonchev–Trinajstić information content (AvgIpc) is 3.51. The van der Waals surface area contributed by atoms with Gasteiger partial charge in [0.15, 0.2) is 0 Å². The van der Waals surface area contributed by atoms with E-state index in [0.717, 1.165) is 37.2 Å². The van der Waals surface area contributed by atoms with Gasteiger partial charge in [0.1, 0.15) is 24.1 Å². The van der Waals surface area contributed by atoms with Crippen molar-refractivity contribution < 1.29 is 34.1 Å². The van der Waals surface area contributed by atoms with E-state index >= 15 is 0 Å². The number of amides is 3. The molecule has 4 aliphatic heterocycles. The van der Waals surface area contributed by atoms with Gasteiger partial charge in [0.25, 0.3) is 0 Å². The number of piperidine rings is 1. The summed E-state index contributed by atoms with van der Waals surface area (Å²) in [5, 5.41) is 30.3. The third-order valence-electron chi connectivity index (χ3n) is 9.85. The van der Waals surface area contributed by atoms with Crippen molar-refractivity contribution in [3.8, 4) is 5.75 Å². The van der Waals surface area contributed by atoms with Crippen LogP contribution in [0.15, 0.2) is 24.3 Å². The number of ether oxygens (including phenoxy) is 2. The number of hydrogen-bond acceptors (Lipinski definition) is 9. The van der Waals surface area contributed by atoms with Crippen molar-refractivity contribution in [2.24, 2.45) is 11.8 Å². The molecular formula is C32H49N5O7. The summed E-state index contributed by atoms with van der Waals surface area (Å²) in [6.45, 7) is 7.71. The molecule has 1 aromatic carbocycles. The van der Waals surface area contributed by atoms with Crippen molar-refractivity contribution in [3.63, 3.8) is 0 Å². The minimum atomic E-state index is -1.25. The highest BCUT2D eigenvalue weighted by molar-refractivity contribution is 5.83. The van der Waals surface area contributed by atoms with Gasteiger partial charge in [-0.15, -0.1) is 0 Å². The smallest absolute Gasteiger partial charge is 0.237 e. The fraction of sp³-hybridized carbons (Fsp3) is 0.719. The van der Waals surface area contributed by atoms with Gasteiger partial charge in [0.05, 0.1) is 25.7 Å². The Kier molecular flexibility index (Phi) is 10.8. The molecule has 4 saturated heterocycles. The Morgan fingerprint density at radius 1 is 1.00 bits per heavy atom. The van der Waals surface area contributed by atoms with E-state index in [1.807, 2.05) is 24.3 Å². The summed E-state index contributed by atoms with van der Waals surface area (Å²) in [7, 11) is 1.62. The molecular weight excluding hydrogens is 566 g/mol. The zero-order chi connectivity index (χ0) is 31.4. The van der Waals surface area contributed by atoms with Crippen molar-refractivity contribution >= 4 is 17.7 Å². The Hall–Kier alpha value is -2.77. The van der Waals surface area contributed by atoms with Gasteiger partial charge in [-0.25, -0.2) is 0 Å². The lowest BCUT2D eigenvalue weighted by Crippen LogP contribution is -2.47. The first-order valence-electron chi connectivity index (χ1n) is 16.1. The summed E-state index contributed by atoms with van der Waals surface area (Å²) in [5.41, 5.74) is 1.00. The molecule has 8 atom stereocenters. The molecule has 4 aliphatic rings. The minimum absolute atomic E-state index is 0.0598. The highest BCUT2D eigenvalue weighted by Gasteiger charge is 2.44. The largest absolute Gasteiger partial charge is 0.497 e. The Morgan fingerprint density at radius 3 is 2.57 bits per heavy atom. The summed E-state index contributed by atoms with van der Waals surface area (Å²) >= 11 is 0. The maximum Gasteiger partial charge on any atom is 0.237 e. The van der Waals surface area contributed by atoms with Crippen LogP contribution in [-0.4, -0.2) is 120 Å². The second kappa shape index (κ2) is 14.6. The molecule has 244 valence electrons. The Bertz CT molecular complexity index is 1170. The fourth-order valence-corrected chi connectivity index (χ4v) is 7.29. The summed E-state index contributed by atoms with van der Waals surface area (Å²) in [4.78, 5) is 44.2. The molecule has 0 spiro atoms. The van der Waals surface area contributed by atoms with Crippen LogP contribution < -0.4 is 20.7 Å². The Morgan fingerprint density at radius 2 is 1.80 bits per heavy atom. The number of hydrogen-bond donors (Lipinski definition) is 5. The maximum absolute atomic E-state index is 13.6. The lowest BCUT2D eigenvalue weighted by Gasteiger charge is -2.40. The van der Waals surface area contributed by atoms with Crippen LogP contribution in [0, 0.1) is 11.8 Å².